The Hall–Kier alpha value is -1.05. The number of halogens is 1. The van der Waals surface area contributed by atoms with Crippen LogP contribution in [0.15, 0.2) is 60.7 Å². The molecule has 2 heteroatoms. The third-order valence-corrected chi connectivity index (χ3v) is 12.0. The molecule has 0 bridgehead atoms. The van der Waals surface area contributed by atoms with Crippen molar-refractivity contribution in [3.8, 4) is 0 Å². The monoisotopic (exact) mass is 302 g/mol. The molecule has 0 N–H and O–H groups in total. The summed E-state index contributed by atoms with van der Waals surface area (Å²) in [6.45, 7) is 6.88. The fourth-order valence-electron chi connectivity index (χ4n) is 2.94. The lowest BCUT2D eigenvalue weighted by atomic mass is 10.1. The van der Waals surface area contributed by atoms with Crippen molar-refractivity contribution in [1.29, 1.82) is 0 Å². The van der Waals surface area contributed by atoms with Crippen LogP contribution in [-0.2, 0) is 0 Å². The van der Waals surface area contributed by atoms with E-state index in [1.807, 2.05) is 0 Å². The minimum absolute atomic E-state index is 0.150. The van der Waals surface area contributed by atoms with E-state index < -0.39 is 7.38 Å². The second-order valence-electron chi connectivity index (χ2n) is 5.66. The van der Waals surface area contributed by atoms with Gasteiger partial charge >= 0.3 is 0 Å². The van der Waals surface area contributed by atoms with Crippen LogP contribution in [0.25, 0.3) is 0 Å². The Labute approximate surface area is 128 Å². The van der Waals surface area contributed by atoms with E-state index in [9.17, 15) is 0 Å². The van der Waals surface area contributed by atoms with Gasteiger partial charge in [0.25, 0.3) is 0 Å². The number of benzene rings is 2. The molecule has 0 aliphatic rings. The van der Waals surface area contributed by atoms with E-state index in [-0.39, 0.29) is 5.04 Å². The molecule has 0 saturated heterocycles. The van der Waals surface area contributed by atoms with Gasteiger partial charge in [0.1, 0.15) is 0 Å². The van der Waals surface area contributed by atoms with E-state index >= 15 is 0 Å². The van der Waals surface area contributed by atoms with Gasteiger partial charge < -0.3 is 0 Å². The molecule has 0 atom stereocenters. The lowest BCUT2D eigenvalue weighted by molar-refractivity contribution is 0.556. The molecule has 0 fully saturated rings. The van der Waals surface area contributed by atoms with Gasteiger partial charge in [-0.05, 0) is 15.4 Å². The minimum Gasteiger partial charge on any atom is -0.154 e. The van der Waals surface area contributed by atoms with Crippen molar-refractivity contribution < 1.29 is 0 Å². The Morgan fingerprint density at radius 3 is 1.45 bits per heavy atom. The van der Waals surface area contributed by atoms with Gasteiger partial charge in [0.15, 0.2) is 0 Å². The van der Waals surface area contributed by atoms with Gasteiger partial charge in [-0.25, -0.2) is 0 Å². The molecule has 0 amide bonds. The Balaban J connectivity index is 2.67. The Kier molecular flexibility index (Phi) is 4.72. The lowest BCUT2D eigenvalue weighted by Gasteiger charge is -2.42. The van der Waals surface area contributed by atoms with Gasteiger partial charge in [-0.15, -0.1) is 0 Å². The number of rotatable bonds is 5. The van der Waals surface area contributed by atoms with Crippen LogP contribution in [0.4, 0.5) is 0 Å². The van der Waals surface area contributed by atoms with E-state index in [1.54, 1.807) is 0 Å². The summed E-state index contributed by atoms with van der Waals surface area (Å²) in [5, 5.41) is 2.79. The topological polar surface area (TPSA) is 0 Å². The molecule has 0 radical (unpaired) electrons. The van der Waals surface area contributed by atoms with Crippen LogP contribution in [-0.4, -0.2) is 7.38 Å². The van der Waals surface area contributed by atoms with Crippen LogP contribution in [0.2, 0.25) is 5.04 Å². The van der Waals surface area contributed by atoms with Crippen LogP contribution in [0.1, 0.15) is 33.6 Å². The van der Waals surface area contributed by atoms with Crippen molar-refractivity contribution in [3.05, 3.63) is 60.7 Å². The zero-order valence-corrected chi connectivity index (χ0v) is 14.3. The van der Waals surface area contributed by atoms with Gasteiger partial charge in [-0.3, -0.25) is 0 Å². The molecule has 0 aliphatic heterocycles. The molecule has 2 aromatic rings. The first-order valence-electron chi connectivity index (χ1n) is 7.38. The fraction of sp³-hybridized carbons (Fsp3) is 0.333. The summed E-state index contributed by atoms with van der Waals surface area (Å²) in [5.74, 6) is 0. The SMILES string of the molecule is CCC(C)(CC)[Si](Cl)(c1ccccc1)c1ccccc1. The van der Waals surface area contributed by atoms with Crippen molar-refractivity contribution >= 4 is 28.8 Å². The molecular weight excluding hydrogens is 280 g/mol. The van der Waals surface area contributed by atoms with Crippen LogP contribution < -0.4 is 10.4 Å². The zero-order valence-electron chi connectivity index (χ0n) is 12.6. The smallest absolute Gasteiger partial charge is 0.154 e. The first-order chi connectivity index (χ1) is 9.58. The highest BCUT2D eigenvalue weighted by atomic mass is 35.6. The van der Waals surface area contributed by atoms with Crippen molar-refractivity contribution in [3.63, 3.8) is 0 Å². The minimum atomic E-state index is -2.28. The summed E-state index contributed by atoms with van der Waals surface area (Å²) >= 11 is 7.44. The molecule has 106 valence electrons. The Bertz CT molecular complexity index is 492. The molecule has 2 rings (SSSR count). The van der Waals surface area contributed by atoms with Crippen molar-refractivity contribution in [1.82, 2.24) is 0 Å². The van der Waals surface area contributed by atoms with Gasteiger partial charge in [0.2, 0.25) is 7.38 Å². The van der Waals surface area contributed by atoms with Crippen LogP contribution in [0, 0.1) is 0 Å². The number of hydrogen-bond acceptors (Lipinski definition) is 0. The van der Waals surface area contributed by atoms with Gasteiger partial charge in [-0.1, -0.05) is 94.3 Å². The molecule has 0 aromatic heterocycles. The number of hydrogen-bond donors (Lipinski definition) is 0. The normalized spacial score (nSPS) is 12.4. The summed E-state index contributed by atoms with van der Waals surface area (Å²) in [4.78, 5) is 0. The fourth-order valence-corrected chi connectivity index (χ4v) is 8.50. The lowest BCUT2D eigenvalue weighted by Crippen LogP contribution is -2.61. The van der Waals surface area contributed by atoms with E-state index in [2.05, 4.69) is 81.4 Å². The maximum atomic E-state index is 7.44. The third-order valence-electron chi connectivity index (χ3n) is 4.74. The first kappa shape index (κ1) is 15.3. The van der Waals surface area contributed by atoms with Gasteiger partial charge in [0.05, 0.1) is 0 Å². The summed E-state index contributed by atoms with van der Waals surface area (Å²) in [6, 6.07) is 21.4. The molecule has 0 nitrogen and oxygen atoms in total. The maximum Gasteiger partial charge on any atom is 0.223 e. The van der Waals surface area contributed by atoms with Gasteiger partial charge in [0, 0.05) is 0 Å². The van der Waals surface area contributed by atoms with E-state index in [1.165, 1.54) is 10.4 Å². The molecular formula is C18H23ClSi. The first-order valence-corrected chi connectivity index (χ1v) is 10.4. The molecule has 0 heterocycles. The van der Waals surface area contributed by atoms with Crippen LogP contribution in [0.3, 0.4) is 0 Å². The average Bonchev–Trinajstić information content (AvgIpc) is 2.54. The largest absolute Gasteiger partial charge is 0.223 e. The third kappa shape index (κ3) is 2.45. The predicted octanol–water partition coefficient (Wildman–Crippen LogP) is 4.57. The second kappa shape index (κ2) is 6.15. The van der Waals surface area contributed by atoms with E-state index in [0.29, 0.717) is 0 Å². The average molecular weight is 303 g/mol. The molecule has 0 spiro atoms. The van der Waals surface area contributed by atoms with Crippen LogP contribution >= 0.6 is 11.1 Å². The molecule has 0 unspecified atom stereocenters. The van der Waals surface area contributed by atoms with Crippen molar-refractivity contribution in [2.45, 2.75) is 38.7 Å². The Morgan fingerprint density at radius 2 is 1.15 bits per heavy atom. The molecule has 0 aliphatic carbocycles. The zero-order chi connectivity index (χ0) is 14.6. The standard InChI is InChI=1S/C18H23ClSi/c1-4-18(3,5-2)20(19,16-12-8-6-9-13-16)17-14-10-7-11-15-17/h6-15H,4-5H2,1-3H3. The summed E-state index contributed by atoms with van der Waals surface area (Å²) in [5.41, 5.74) is 0. The highest BCUT2D eigenvalue weighted by Crippen LogP contribution is 2.45. The van der Waals surface area contributed by atoms with E-state index in [4.69, 9.17) is 11.1 Å². The van der Waals surface area contributed by atoms with Crippen molar-refractivity contribution in [2.75, 3.05) is 0 Å². The van der Waals surface area contributed by atoms with E-state index in [0.717, 1.165) is 12.8 Å². The molecule has 20 heavy (non-hydrogen) atoms. The molecule has 2 aromatic carbocycles. The quantitative estimate of drug-likeness (QED) is 0.561. The maximum absolute atomic E-state index is 7.44. The highest BCUT2D eigenvalue weighted by molar-refractivity contribution is 7.35. The Morgan fingerprint density at radius 1 is 0.800 bits per heavy atom. The van der Waals surface area contributed by atoms with Crippen LogP contribution in [0.5, 0.6) is 0 Å². The predicted molar refractivity (Wildman–Crippen MR) is 92.7 cm³/mol. The van der Waals surface area contributed by atoms with Crippen molar-refractivity contribution in [2.24, 2.45) is 0 Å². The summed E-state index contributed by atoms with van der Waals surface area (Å²) < 4.78 is 0. The summed E-state index contributed by atoms with van der Waals surface area (Å²) in [7, 11) is -2.28. The molecule has 0 saturated carbocycles. The summed E-state index contributed by atoms with van der Waals surface area (Å²) in [6.07, 6.45) is 2.20. The van der Waals surface area contributed by atoms with Gasteiger partial charge in [-0.2, -0.15) is 11.1 Å². The highest BCUT2D eigenvalue weighted by Gasteiger charge is 2.50. The second-order valence-corrected chi connectivity index (χ2v) is 11.0.